The minimum absolute atomic E-state index is 0.278. The first-order valence-electron chi connectivity index (χ1n) is 5.91. The fraction of sp³-hybridized carbons (Fsp3) is 0.0667. The van der Waals surface area contributed by atoms with E-state index in [1.54, 1.807) is 12.1 Å². The highest BCUT2D eigenvalue weighted by Gasteiger charge is 2.01. The molecule has 0 aliphatic heterocycles. The van der Waals surface area contributed by atoms with Gasteiger partial charge in [-0.25, -0.2) is 0 Å². The van der Waals surface area contributed by atoms with Crippen LogP contribution in [0, 0.1) is 0 Å². The lowest BCUT2D eigenvalue weighted by Gasteiger charge is -2.08. The Morgan fingerprint density at radius 3 is 2.83 bits per heavy atom. The van der Waals surface area contributed by atoms with Gasteiger partial charge in [-0.2, -0.15) is 0 Å². The summed E-state index contributed by atoms with van der Waals surface area (Å²) in [5.41, 5.74) is 3.30. The van der Waals surface area contributed by atoms with Gasteiger partial charge in [0.2, 0.25) is 0 Å². The topological polar surface area (TPSA) is 48.0 Å². The van der Waals surface area contributed by atoms with Crippen LogP contribution in [0.3, 0.4) is 0 Å². The molecule has 90 valence electrons. The van der Waals surface area contributed by atoms with E-state index >= 15 is 0 Å². The molecule has 0 unspecified atom stereocenters. The molecule has 3 nitrogen and oxygen atoms in total. The average Bonchev–Trinajstić information content (AvgIpc) is 2.85. The van der Waals surface area contributed by atoms with Crippen molar-refractivity contribution in [3.05, 3.63) is 60.3 Å². The van der Waals surface area contributed by atoms with Crippen molar-refractivity contribution in [2.24, 2.45) is 0 Å². The van der Waals surface area contributed by atoms with Gasteiger partial charge in [-0.1, -0.05) is 18.2 Å². The number of nitrogens with one attached hydrogen (secondary N) is 2. The molecule has 0 amide bonds. The van der Waals surface area contributed by atoms with Crippen LogP contribution in [-0.2, 0) is 6.54 Å². The van der Waals surface area contributed by atoms with Gasteiger partial charge in [0.15, 0.2) is 0 Å². The molecule has 3 aromatic rings. The number of aromatic amines is 1. The Bertz CT molecular complexity index is 673. The summed E-state index contributed by atoms with van der Waals surface area (Å²) in [4.78, 5) is 3.20. The molecule has 0 saturated heterocycles. The molecule has 1 heterocycles. The van der Waals surface area contributed by atoms with Crippen LogP contribution >= 0.6 is 0 Å². The number of aromatic nitrogens is 1. The normalized spacial score (nSPS) is 10.7. The Labute approximate surface area is 105 Å². The summed E-state index contributed by atoms with van der Waals surface area (Å²) in [7, 11) is 0. The number of phenols is 1. The third-order valence-electron chi connectivity index (χ3n) is 3.01. The van der Waals surface area contributed by atoms with Gasteiger partial charge in [-0.15, -0.1) is 0 Å². The SMILES string of the molecule is Oc1cccc(NCc2cccc3[nH]ccc23)c1. The summed E-state index contributed by atoms with van der Waals surface area (Å²) in [5, 5.41) is 13.9. The number of hydrogen-bond donors (Lipinski definition) is 3. The van der Waals surface area contributed by atoms with Gasteiger partial charge in [0, 0.05) is 35.4 Å². The van der Waals surface area contributed by atoms with Crippen LogP contribution in [0.5, 0.6) is 5.75 Å². The quantitative estimate of drug-likeness (QED) is 0.654. The third kappa shape index (κ3) is 2.02. The van der Waals surface area contributed by atoms with E-state index in [-0.39, 0.29) is 5.75 Å². The van der Waals surface area contributed by atoms with Gasteiger partial charge in [0.1, 0.15) is 5.75 Å². The molecular weight excluding hydrogens is 224 g/mol. The maximum atomic E-state index is 9.40. The van der Waals surface area contributed by atoms with Gasteiger partial charge >= 0.3 is 0 Å². The smallest absolute Gasteiger partial charge is 0.117 e. The maximum absolute atomic E-state index is 9.40. The molecule has 0 aliphatic carbocycles. The van der Waals surface area contributed by atoms with Crippen molar-refractivity contribution < 1.29 is 5.11 Å². The van der Waals surface area contributed by atoms with Gasteiger partial charge in [0.25, 0.3) is 0 Å². The standard InChI is InChI=1S/C15H14N2O/c18-13-5-2-4-12(9-13)17-10-11-3-1-6-15-14(11)7-8-16-15/h1-9,16-18H,10H2. The summed E-state index contributed by atoms with van der Waals surface area (Å²) < 4.78 is 0. The van der Waals surface area contributed by atoms with E-state index in [1.165, 1.54) is 10.9 Å². The molecule has 0 radical (unpaired) electrons. The van der Waals surface area contributed by atoms with Crippen LogP contribution in [-0.4, -0.2) is 10.1 Å². The van der Waals surface area contributed by atoms with Crippen LogP contribution in [0.4, 0.5) is 5.69 Å². The number of fused-ring (bicyclic) bond motifs is 1. The van der Waals surface area contributed by atoms with Crippen LogP contribution < -0.4 is 5.32 Å². The molecule has 0 bridgehead atoms. The van der Waals surface area contributed by atoms with Gasteiger partial charge in [-0.3, -0.25) is 0 Å². The van der Waals surface area contributed by atoms with E-state index < -0.39 is 0 Å². The highest BCUT2D eigenvalue weighted by atomic mass is 16.3. The molecule has 18 heavy (non-hydrogen) atoms. The monoisotopic (exact) mass is 238 g/mol. The number of H-pyrrole nitrogens is 1. The van der Waals surface area contributed by atoms with E-state index in [0.29, 0.717) is 0 Å². The van der Waals surface area contributed by atoms with Crippen LogP contribution in [0.25, 0.3) is 10.9 Å². The minimum atomic E-state index is 0.278. The largest absolute Gasteiger partial charge is 0.508 e. The molecule has 0 fully saturated rings. The van der Waals surface area contributed by atoms with Crippen LogP contribution in [0.15, 0.2) is 54.7 Å². The van der Waals surface area contributed by atoms with E-state index in [2.05, 4.69) is 28.5 Å². The third-order valence-corrected chi connectivity index (χ3v) is 3.01. The van der Waals surface area contributed by atoms with E-state index in [0.717, 1.165) is 17.7 Å². The Kier molecular flexibility index (Phi) is 2.65. The predicted molar refractivity (Wildman–Crippen MR) is 73.7 cm³/mol. The molecule has 0 atom stereocenters. The van der Waals surface area contributed by atoms with Crippen LogP contribution in [0.2, 0.25) is 0 Å². The number of hydrogen-bond acceptors (Lipinski definition) is 2. The summed E-state index contributed by atoms with van der Waals surface area (Å²) in [5.74, 6) is 0.278. The highest BCUT2D eigenvalue weighted by Crippen LogP contribution is 2.20. The molecule has 3 heteroatoms. The molecule has 3 rings (SSSR count). The minimum Gasteiger partial charge on any atom is -0.508 e. The maximum Gasteiger partial charge on any atom is 0.117 e. The molecular formula is C15H14N2O. The predicted octanol–water partition coefficient (Wildman–Crippen LogP) is 3.49. The van der Waals surface area contributed by atoms with Gasteiger partial charge < -0.3 is 15.4 Å². The van der Waals surface area contributed by atoms with E-state index in [1.807, 2.05) is 24.4 Å². The second-order valence-electron chi connectivity index (χ2n) is 4.26. The number of aromatic hydroxyl groups is 1. The summed E-state index contributed by atoms with van der Waals surface area (Å²) >= 11 is 0. The molecule has 3 N–H and O–H groups in total. The van der Waals surface area contributed by atoms with E-state index in [9.17, 15) is 5.11 Å². The Balaban J connectivity index is 1.83. The Morgan fingerprint density at radius 2 is 1.94 bits per heavy atom. The summed E-state index contributed by atoms with van der Waals surface area (Å²) in [6, 6.07) is 15.4. The zero-order valence-corrected chi connectivity index (χ0v) is 9.85. The fourth-order valence-corrected chi connectivity index (χ4v) is 2.12. The van der Waals surface area contributed by atoms with Gasteiger partial charge in [-0.05, 0) is 29.8 Å². The second-order valence-corrected chi connectivity index (χ2v) is 4.26. The lowest BCUT2D eigenvalue weighted by atomic mass is 10.1. The highest BCUT2D eigenvalue weighted by molar-refractivity contribution is 5.83. The number of rotatable bonds is 3. The molecule has 2 aromatic carbocycles. The number of benzene rings is 2. The van der Waals surface area contributed by atoms with Crippen molar-refractivity contribution in [2.75, 3.05) is 5.32 Å². The van der Waals surface area contributed by atoms with Crippen molar-refractivity contribution in [1.29, 1.82) is 0 Å². The lowest BCUT2D eigenvalue weighted by Crippen LogP contribution is -1.99. The van der Waals surface area contributed by atoms with Crippen molar-refractivity contribution in [3.8, 4) is 5.75 Å². The van der Waals surface area contributed by atoms with Crippen molar-refractivity contribution >= 4 is 16.6 Å². The lowest BCUT2D eigenvalue weighted by molar-refractivity contribution is 0.475. The summed E-state index contributed by atoms with van der Waals surface area (Å²) in [6.45, 7) is 0.735. The second kappa shape index (κ2) is 4.45. The first-order valence-corrected chi connectivity index (χ1v) is 5.91. The average molecular weight is 238 g/mol. The first-order chi connectivity index (χ1) is 8.83. The van der Waals surface area contributed by atoms with Crippen LogP contribution in [0.1, 0.15) is 5.56 Å². The van der Waals surface area contributed by atoms with Crippen molar-refractivity contribution in [1.82, 2.24) is 4.98 Å². The Morgan fingerprint density at radius 1 is 1.06 bits per heavy atom. The zero-order chi connectivity index (χ0) is 12.4. The Hall–Kier alpha value is -2.42. The summed E-state index contributed by atoms with van der Waals surface area (Å²) in [6.07, 6.45) is 1.95. The molecule has 0 aliphatic rings. The fourth-order valence-electron chi connectivity index (χ4n) is 2.12. The van der Waals surface area contributed by atoms with Crippen molar-refractivity contribution in [3.63, 3.8) is 0 Å². The molecule has 0 saturated carbocycles. The zero-order valence-electron chi connectivity index (χ0n) is 9.85. The molecule has 1 aromatic heterocycles. The first kappa shape index (κ1) is 10.7. The van der Waals surface area contributed by atoms with Gasteiger partial charge in [0.05, 0.1) is 0 Å². The number of phenolic OH excluding ortho intramolecular Hbond substituents is 1. The molecule has 0 spiro atoms. The van der Waals surface area contributed by atoms with E-state index in [4.69, 9.17) is 0 Å². The number of anilines is 1. The van der Waals surface area contributed by atoms with Crippen molar-refractivity contribution in [2.45, 2.75) is 6.54 Å².